The molecule has 52 valence electrons. The Kier molecular flexibility index (Phi) is 1.45. The van der Waals surface area contributed by atoms with Gasteiger partial charge in [0.1, 0.15) is 5.60 Å². The average molecular weight is 145 g/mol. The van der Waals surface area contributed by atoms with Crippen LogP contribution in [0.25, 0.3) is 0 Å². The standard InChI is InChI=1S/C7H14OP/c1-7(2)5-6-9(3,4)8-7/h5-6H,1-4H3/q+1. The third-order valence-electron chi connectivity index (χ3n) is 1.31. The maximum Gasteiger partial charge on any atom is 0.165 e. The third-order valence-corrected chi connectivity index (χ3v) is 3.11. The van der Waals surface area contributed by atoms with Crippen LogP contribution in [0.2, 0.25) is 0 Å². The summed E-state index contributed by atoms with van der Waals surface area (Å²) in [5.41, 5.74) is -0.00270. The molecule has 1 rings (SSSR count). The van der Waals surface area contributed by atoms with E-state index in [1.54, 1.807) is 0 Å². The van der Waals surface area contributed by atoms with Crippen molar-refractivity contribution in [1.29, 1.82) is 0 Å². The maximum atomic E-state index is 5.74. The zero-order chi connectivity index (χ0) is 7.12. The minimum Gasteiger partial charge on any atom is -0.224 e. The highest BCUT2D eigenvalue weighted by atomic mass is 31.2. The average Bonchev–Trinajstić information content (AvgIpc) is 1.78. The Morgan fingerprint density at radius 3 is 2.00 bits per heavy atom. The van der Waals surface area contributed by atoms with Crippen LogP contribution in [0.3, 0.4) is 0 Å². The fourth-order valence-electron chi connectivity index (χ4n) is 1.03. The molecule has 1 nitrogen and oxygen atoms in total. The molecule has 2 heteroatoms. The van der Waals surface area contributed by atoms with Gasteiger partial charge in [-0.2, -0.15) is 0 Å². The molecular formula is C7H14OP+. The molecular weight excluding hydrogens is 131 g/mol. The number of rotatable bonds is 0. The molecule has 0 aliphatic carbocycles. The lowest BCUT2D eigenvalue weighted by molar-refractivity contribution is 0.191. The van der Waals surface area contributed by atoms with Crippen LogP contribution >= 0.6 is 7.49 Å². The number of hydrogen-bond acceptors (Lipinski definition) is 1. The Hall–Kier alpha value is 0.130. The molecule has 0 bridgehead atoms. The summed E-state index contributed by atoms with van der Waals surface area (Å²) in [7, 11) is -1.10. The smallest absolute Gasteiger partial charge is 0.165 e. The van der Waals surface area contributed by atoms with Gasteiger partial charge in [-0.25, -0.2) is 4.52 Å². The Morgan fingerprint density at radius 1 is 1.33 bits per heavy atom. The Labute approximate surface area is 57.5 Å². The van der Waals surface area contributed by atoms with Crippen molar-refractivity contribution in [2.45, 2.75) is 19.4 Å². The Balaban J connectivity index is 2.71. The largest absolute Gasteiger partial charge is 0.224 e. The van der Waals surface area contributed by atoms with Gasteiger partial charge in [-0.05, 0) is 19.9 Å². The van der Waals surface area contributed by atoms with Crippen LogP contribution in [-0.4, -0.2) is 18.9 Å². The van der Waals surface area contributed by atoms with Crippen molar-refractivity contribution in [3.63, 3.8) is 0 Å². The lowest BCUT2D eigenvalue weighted by Gasteiger charge is -2.15. The van der Waals surface area contributed by atoms with Crippen molar-refractivity contribution in [1.82, 2.24) is 0 Å². The van der Waals surface area contributed by atoms with E-state index in [0.29, 0.717) is 0 Å². The summed E-state index contributed by atoms with van der Waals surface area (Å²) >= 11 is 0. The second kappa shape index (κ2) is 1.81. The summed E-state index contributed by atoms with van der Waals surface area (Å²) in [5, 5.41) is 0. The normalized spacial score (nSPS) is 28.9. The molecule has 1 heterocycles. The monoisotopic (exact) mass is 145 g/mol. The topological polar surface area (TPSA) is 9.23 Å². The third kappa shape index (κ3) is 1.77. The van der Waals surface area contributed by atoms with E-state index >= 15 is 0 Å². The molecule has 0 aromatic heterocycles. The Morgan fingerprint density at radius 2 is 1.89 bits per heavy atom. The highest BCUT2D eigenvalue weighted by molar-refractivity contribution is 7.73. The van der Waals surface area contributed by atoms with Crippen molar-refractivity contribution in [2.75, 3.05) is 13.3 Å². The Bertz CT molecular complexity index is 131. The molecule has 1 aliphatic rings. The summed E-state index contributed by atoms with van der Waals surface area (Å²) in [4.78, 5) is 0. The molecule has 0 saturated heterocycles. The molecule has 0 fully saturated rings. The van der Waals surface area contributed by atoms with Gasteiger partial charge in [0.2, 0.25) is 0 Å². The van der Waals surface area contributed by atoms with Gasteiger partial charge in [-0.15, -0.1) is 0 Å². The molecule has 0 amide bonds. The molecule has 0 saturated carbocycles. The molecule has 1 aliphatic heterocycles. The quantitative estimate of drug-likeness (QED) is 0.476. The maximum absolute atomic E-state index is 5.74. The lowest BCUT2D eigenvalue weighted by atomic mass is 10.1. The first-order valence-corrected chi connectivity index (χ1v) is 5.83. The van der Waals surface area contributed by atoms with Crippen LogP contribution < -0.4 is 0 Å². The fraction of sp³-hybridized carbons (Fsp3) is 0.714. The van der Waals surface area contributed by atoms with E-state index in [0.717, 1.165) is 0 Å². The van der Waals surface area contributed by atoms with Crippen molar-refractivity contribution < 1.29 is 4.52 Å². The minimum atomic E-state index is -1.10. The summed E-state index contributed by atoms with van der Waals surface area (Å²) in [5.74, 6) is 2.22. The molecule has 0 unspecified atom stereocenters. The predicted octanol–water partition coefficient (Wildman–Crippen LogP) is 2.50. The van der Waals surface area contributed by atoms with E-state index in [2.05, 4.69) is 39.1 Å². The first-order valence-electron chi connectivity index (χ1n) is 3.16. The van der Waals surface area contributed by atoms with E-state index < -0.39 is 7.49 Å². The van der Waals surface area contributed by atoms with Crippen molar-refractivity contribution in [3.8, 4) is 0 Å². The highest BCUT2D eigenvalue weighted by Gasteiger charge is 2.38. The zero-order valence-electron chi connectivity index (χ0n) is 6.51. The summed E-state index contributed by atoms with van der Waals surface area (Å²) in [6, 6.07) is 0. The molecule has 0 aromatic carbocycles. The van der Waals surface area contributed by atoms with Crippen molar-refractivity contribution >= 4 is 7.49 Å². The van der Waals surface area contributed by atoms with Crippen LogP contribution in [0, 0.1) is 0 Å². The molecule has 0 N–H and O–H groups in total. The van der Waals surface area contributed by atoms with Crippen molar-refractivity contribution in [2.24, 2.45) is 0 Å². The van der Waals surface area contributed by atoms with Gasteiger partial charge in [0.25, 0.3) is 0 Å². The second-order valence-corrected chi connectivity index (χ2v) is 6.79. The van der Waals surface area contributed by atoms with Gasteiger partial charge in [0.05, 0.1) is 19.1 Å². The summed E-state index contributed by atoms with van der Waals surface area (Å²) in [6.07, 6.45) is 2.15. The van der Waals surface area contributed by atoms with E-state index in [1.807, 2.05) is 0 Å². The fourth-order valence-corrected chi connectivity index (χ4v) is 3.08. The molecule has 0 radical (unpaired) electrons. The molecule has 0 atom stereocenters. The minimum absolute atomic E-state index is 0.00270. The van der Waals surface area contributed by atoms with Gasteiger partial charge in [-0.3, -0.25) is 0 Å². The summed E-state index contributed by atoms with van der Waals surface area (Å²) < 4.78 is 5.74. The second-order valence-electron chi connectivity index (χ2n) is 3.44. The lowest BCUT2D eigenvalue weighted by Crippen LogP contribution is -2.15. The predicted molar refractivity (Wildman–Crippen MR) is 43.1 cm³/mol. The summed E-state index contributed by atoms with van der Waals surface area (Å²) in [6.45, 7) is 8.55. The van der Waals surface area contributed by atoms with Crippen LogP contribution in [0.4, 0.5) is 0 Å². The van der Waals surface area contributed by atoms with Gasteiger partial charge in [0.15, 0.2) is 7.49 Å². The first-order chi connectivity index (χ1) is 3.91. The SMILES string of the molecule is CC1(C)C=C[P+](C)(C)O1. The highest BCUT2D eigenvalue weighted by Crippen LogP contribution is 2.61. The van der Waals surface area contributed by atoms with Crippen molar-refractivity contribution in [3.05, 3.63) is 11.9 Å². The molecule has 0 spiro atoms. The van der Waals surface area contributed by atoms with Gasteiger partial charge < -0.3 is 0 Å². The van der Waals surface area contributed by atoms with E-state index in [4.69, 9.17) is 4.52 Å². The first kappa shape index (κ1) is 7.24. The zero-order valence-corrected chi connectivity index (χ0v) is 7.40. The van der Waals surface area contributed by atoms with Gasteiger partial charge in [-0.1, -0.05) is 0 Å². The van der Waals surface area contributed by atoms with E-state index in [9.17, 15) is 0 Å². The molecule has 9 heavy (non-hydrogen) atoms. The number of hydrogen-bond donors (Lipinski definition) is 0. The van der Waals surface area contributed by atoms with Crippen LogP contribution in [-0.2, 0) is 4.52 Å². The van der Waals surface area contributed by atoms with Crippen LogP contribution in [0.5, 0.6) is 0 Å². The van der Waals surface area contributed by atoms with Crippen LogP contribution in [0.15, 0.2) is 11.9 Å². The van der Waals surface area contributed by atoms with Gasteiger partial charge in [0, 0.05) is 0 Å². The van der Waals surface area contributed by atoms with E-state index in [1.165, 1.54) is 0 Å². The van der Waals surface area contributed by atoms with E-state index in [-0.39, 0.29) is 5.60 Å². The van der Waals surface area contributed by atoms with Crippen LogP contribution in [0.1, 0.15) is 13.8 Å². The van der Waals surface area contributed by atoms with Gasteiger partial charge >= 0.3 is 0 Å². The molecule has 0 aromatic rings.